The molecule has 3 aromatic rings. The molecule has 0 radical (unpaired) electrons. The number of ether oxygens (including phenoxy) is 1. The Labute approximate surface area is 200 Å². The molecule has 4 rings (SSSR count). The standard InChI is InChI=1S/C26H35N5O3/c1-17(2)31-21-12-8-7-10-18(21)14-22(31)19-11-9-13-30(15-19)24(32)20-16-29(6)28-23(20)27-25(33)34-26(3,4)5/h7-8,10,12,14,16-17,19H,9,11,13,15H2,1-6H3,(H,27,28,33). The van der Waals surface area contributed by atoms with Crippen LogP contribution in [0.25, 0.3) is 10.9 Å². The number of benzene rings is 1. The first-order valence-corrected chi connectivity index (χ1v) is 12.0. The van der Waals surface area contributed by atoms with E-state index in [1.807, 2.05) is 4.90 Å². The number of rotatable bonds is 4. The third-order valence-corrected chi connectivity index (χ3v) is 6.10. The number of amides is 2. The van der Waals surface area contributed by atoms with Crippen molar-refractivity contribution in [2.24, 2.45) is 7.05 Å². The van der Waals surface area contributed by atoms with E-state index in [0.717, 1.165) is 12.8 Å². The molecule has 0 bridgehead atoms. The molecule has 1 N–H and O–H groups in total. The predicted molar refractivity (Wildman–Crippen MR) is 133 cm³/mol. The van der Waals surface area contributed by atoms with Gasteiger partial charge in [0.2, 0.25) is 0 Å². The van der Waals surface area contributed by atoms with Crippen molar-refractivity contribution in [1.29, 1.82) is 0 Å². The van der Waals surface area contributed by atoms with Crippen LogP contribution in [0.1, 0.15) is 75.5 Å². The zero-order chi connectivity index (χ0) is 24.6. The quantitative estimate of drug-likeness (QED) is 0.565. The molecule has 182 valence electrons. The van der Waals surface area contributed by atoms with Crippen molar-refractivity contribution in [2.75, 3.05) is 18.4 Å². The summed E-state index contributed by atoms with van der Waals surface area (Å²) in [5, 5.41) is 8.17. The molecule has 8 nitrogen and oxygen atoms in total. The number of fused-ring (bicyclic) bond motifs is 1. The van der Waals surface area contributed by atoms with E-state index >= 15 is 0 Å². The molecule has 1 aliphatic heterocycles. The molecule has 1 saturated heterocycles. The lowest BCUT2D eigenvalue weighted by atomic mass is 9.93. The molecule has 34 heavy (non-hydrogen) atoms. The van der Waals surface area contributed by atoms with Crippen LogP contribution < -0.4 is 5.32 Å². The van der Waals surface area contributed by atoms with Gasteiger partial charge in [-0.1, -0.05) is 18.2 Å². The Hall–Kier alpha value is -3.29. The lowest BCUT2D eigenvalue weighted by Crippen LogP contribution is -2.40. The van der Waals surface area contributed by atoms with Crippen molar-refractivity contribution >= 4 is 28.7 Å². The molecule has 2 amide bonds. The predicted octanol–water partition coefficient (Wildman–Crippen LogP) is 5.32. The average molecular weight is 466 g/mol. The number of aryl methyl sites for hydroxylation is 1. The maximum Gasteiger partial charge on any atom is 0.413 e. The van der Waals surface area contributed by atoms with Crippen molar-refractivity contribution in [3.05, 3.63) is 47.8 Å². The van der Waals surface area contributed by atoms with Crippen LogP contribution in [0.15, 0.2) is 36.5 Å². The fourth-order valence-corrected chi connectivity index (χ4v) is 4.80. The minimum atomic E-state index is -0.641. The van der Waals surface area contributed by atoms with Gasteiger partial charge < -0.3 is 14.2 Å². The average Bonchev–Trinajstić information content (AvgIpc) is 3.32. The second-order valence-electron chi connectivity index (χ2n) is 10.4. The summed E-state index contributed by atoms with van der Waals surface area (Å²) in [4.78, 5) is 27.7. The van der Waals surface area contributed by atoms with Gasteiger partial charge in [-0.05, 0) is 65.0 Å². The van der Waals surface area contributed by atoms with Crippen molar-refractivity contribution in [3.8, 4) is 0 Å². The summed E-state index contributed by atoms with van der Waals surface area (Å²) in [6.07, 6.45) is 2.98. The van der Waals surface area contributed by atoms with Crippen LogP contribution in [-0.4, -0.2) is 49.9 Å². The summed E-state index contributed by atoms with van der Waals surface area (Å²) in [5.74, 6) is 0.336. The molecule has 1 aromatic carbocycles. The number of para-hydroxylation sites is 1. The molecule has 1 atom stereocenters. The Balaban J connectivity index is 1.57. The minimum Gasteiger partial charge on any atom is -0.444 e. The molecular weight excluding hydrogens is 430 g/mol. The van der Waals surface area contributed by atoms with Gasteiger partial charge in [-0.25, -0.2) is 4.79 Å². The lowest BCUT2D eigenvalue weighted by Gasteiger charge is -2.34. The van der Waals surface area contributed by atoms with Crippen molar-refractivity contribution in [2.45, 2.75) is 65.0 Å². The minimum absolute atomic E-state index is 0.129. The maximum atomic E-state index is 13.5. The van der Waals surface area contributed by atoms with Crippen molar-refractivity contribution in [3.63, 3.8) is 0 Å². The number of anilines is 1. The zero-order valence-electron chi connectivity index (χ0n) is 21.0. The van der Waals surface area contributed by atoms with E-state index in [4.69, 9.17) is 4.74 Å². The number of hydrogen-bond donors (Lipinski definition) is 1. The Morgan fingerprint density at radius 3 is 2.65 bits per heavy atom. The number of nitrogens with one attached hydrogen (secondary N) is 1. The molecule has 2 aromatic heterocycles. The van der Waals surface area contributed by atoms with Crippen LogP contribution in [0, 0.1) is 0 Å². The third-order valence-electron chi connectivity index (χ3n) is 6.10. The van der Waals surface area contributed by atoms with Crippen LogP contribution in [0.4, 0.5) is 10.6 Å². The molecular formula is C26H35N5O3. The second kappa shape index (κ2) is 9.16. The second-order valence-corrected chi connectivity index (χ2v) is 10.4. The summed E-state index contributed by atoms with van der Waals surface area (Å²) in [7, 11) is 1.73. The van der Waals surface area contributed by atoms with Crippen molar-refractivity contribution < 1.29 is 14.3 Å². The fraction of sp³-hybridized carbons (Fsp3) is 0.500. The van der Waals surface area contributed by atoms with E-state index in [9.17, 15) is 9.59 Å². The van der Waals surface area contributed by atoms with E-state index < -0.39 is 11.7 Å². The lowest BCUT2D eigenvalue weighted by molar-refractivity contribution is 0.0635. The van der Waals surface area contributed by atoms with Gasteiger partial charge in [0.25, 0.3) is 5.91 Å². The molecule has 8 heteroatoms. The number of carbonyl (C=O) groups is 2. The zero-order valence-corrected chi connectivity index (χ0v) is 21.0. The van der Waals surface area contributed by atoms with Crippen molar-refractivity contribution in [1.82, 2.24) is 19.2 Å². The largest absolute Gasteiger partial charge is 0.444 e. The van der Waals surface area contributed by atoms with Gasteiger partial charge in [0.1, 0.15) is 11.2 Å². The fourth-order valence-electron chi connectivity index (χ4n) is 4.80. The molecule has 3 heterocycles. The maximum absolute atomic E-state index is 13.5. The van der Waals surface area contributed by atoms with Crippen LogP contribution in [0.3, 0.4) is 0 Å². The molecule has 0 aliphatic carbocycles. The topological polar surface area (TPSA) is 81.4 Å². The summed E-state index contributed by atoms with van der Waals surface area (Å²) >= 11 is 0. The van der Waals surface area contributed by atoms with E-state index in [0.29, 0.717) is 24.7 Å². The summed E-state index contributed by atoms with van der Waals surface area (Å²) < 4.78 is 9.28. The summed E-state index contributed by atoms with van der Waals surface area (Å²) in [6, 6.07) is 11.0. The highest BCUT2D eigenvalue weighted by Crippen LogP contribution is 2.34. The number of nitrogens with zero attached hydrogens (tertiary/aromatic N) is 4. The van der Waals surface area contributed by atoms with Crippen LogP contribution >= 0.6 is 0 Å². The van der Waals surface area contributed by atoms with Crippen LogP contribution in [0.5, 0.6) is 0 Å². The summed E-state index contributed by atoms with van der Waals surface area (Å²) in [5.41, 5.74) is 2.23. The normalized spacial score (nSPS) is 16.8. The van der Waals surface area contributed by atoms with Gasteiger partial charge in [0, 0.05) is 49.5 Å². The molecule has 1 unspecified atom stereocenters. The highest BCUT2D eigenvalue weighted by Gasteiger charge is 2.31. The molecule has 0 spiro atoms. The number of aromatic nitrogens is 3. The molecule has 1 fully saturated rings. The van der Waals surface area contributed by atoms with Gasteiger partial charge >= 0.3 is 6.09 Å². The van der Waals surface area contributed by atoms with Crippen LogP contribution in [-0.2, 0) is 11.8 Å². The van der Waals surface area contributed by atoms with Gasteiger partial charge in [-0.3, -0.25) is 14.8 Å². The van der Waals surface area contributed by atoms with E-state index in [-0.39, 0.29) is 17.6 Å². The van der Waals surface area contributed by atoms with Gasteiger partial charge in [-0.15, -0.1) is 0 Å². The van der Waals surface area contributed by atoms with E-state index in [2.05, 4.69) is 59.2 Å². The number of hydrogen-bond acceptors (Lipinski definition) is 4. The van der Waals surface area contributed by atoms with Gasteiger partial charge in [-0.2, -0.15) is 5.10 Å². The van der Waals surface area contributed by atoms with Gasteiger partial charge in [0.05, 0.1) is 0 Å². The van der Waals surface area contributed by atoms with E-state index in [1.165, 1.54) is 21.3 Å². The summed E-state index contributed by atoms with van der Waals surface area (Å²) in [6.45, 7) is 11.1. The Kier molecular flexibility index (Phi) is 6.43. The van der Waals surface area contributed by atoms with E-state index in [1.54, 1.807) is 34.0 Å². The Morgan fingerprint density at radius 2 is 1.94 bits per heavy atom. The first-order valence-electron chi connectivity index (χ1n) is 12.0. The first-order chi connectivity index (χ1) is 16.0. The first kappa shape index (κ1) is 23.9. The SMILES string of the molecule is CC(C)n1c(C2CCCN(C(=O)c3cn(C)nc3NC(=O)OC(C)(C)C)C2)cc2ccccc21. The third kappa shape index (κ3) is 4.95. The molecule has 1 aliphatic rings. The number of likely N-dealkylation sites (tertiary alicyclic amines) is 1. The van der Waals surface area contributed by atoms with Gasteiger partial charge in [0.15, 0.2) is 5.82 Å². The highest BCUT2D eigenvalue weighted by atomic mass is 16.6. The van der Waals surface area contributed by atoms with Crippen LogP contribution in [0.2, 0.25) is 0 Å². The monoisotopic (exact) mass is 465 g/mol. The number of piperidine rings is 1. The Morgan fingerprint density at radius 1 is 1.21 bits per heavy atom. The number of carbonyl (C=O) groups excluding carboxylic acids is 2. The highest BCUT2D eigenvalue weighted by molar-refractivity contribution is 6.01. The molecule has 0 saturated carbocycles. The smallest absolute Gasteiger partial charge is 0.413 e. The Bertz CT molecular complexity index is 1200.